The quantitative estimate of drug-likeness (QED) is 0.764. The lowest BCUT2D eigenvalue weighted by molar-refractivity contribution is 0.0526. The minimum atomic E-state index is -0.331. The topological polar surface area (TPSA) is 66.2 Å². The van der Waals surface area contributed by atoms with E-state index >= 15 is 0 Å². The van der Waals surface area contributed by atoms with E-state index in [0.29, 0.717) is 24.5 Å². The van der Waals surface area contributed by atoms with E-state index < -0.39 is 0 Å². The summed E-state index contributed by atoms with van der Waals surface area (Å²) in [6.45, 7) is 2.47. The molecule has 0 atom stereocenters. The van der Waals surface area contributed by atoms with Crippen LogP contribution in [0.1, 0.15) is 23.1 Å². The molecule has 1 heterocycles. The molecule has 6 nitrogen and oxygen atoms in total. The lowest BCUT2D eigenvalue weighted by Crippen LogP contribution is -2.06. The van der Waals surface area contributed by atoms with E-state index in [0.717, 1.165) is 5.82 Å². The zero-order valence-electron chi connectivity index (χ0n) is 10.9. The van der Waals surface area contributed by atoms with Gasteiger partial charge in [0.05, 0.1) is 12.2 Å². The molecule has 0 bridgehead atoms. The van der Waals surface area contributed by atoms with Gasteiger partial charge in [-0.3, -0.25) is 4.68 Å². The number of benzene rings is 1. The molecule has 0 saturated carbocycles. The van der Waals surface area contributed by atoms with Gasteiger partial charge in [0.15, 0.2) is 5.82 Å². The molecular weight excluding hydrogens is 246 g/mol. The van der Waals surface area contributed by atoms with Crippen LogP contribution in [-0.2, 0) is 18.4 Å². The molecule has 0 spiro atoms. The van der Waals surface area contributed by atoms with Crippen molar-refractivity contribution in [1.29, 1.82) is 0 Å². The minimum Gasteiger partial charge on any atom is -0.486 e. The van der Waals surface area contributed by atoms with Crippen LogP contribution in [0.5, 0.6) is 5.75 Å². The molecule has 1 aromatic carbocycles. The van der Waals surface area contributed by atoms with Crippen LogP contribution in [0.3, 0.4) is 0 Å². The van der Waals surface area contributed by atoms with Crippen molar-refractivity contribution in [2.24, 2.45) is 7.05 Å². The second-order valence-electron chi connectivity index (χ2n) is 3.83. The molecule has 0 aliphatic rings. The SMILES string of the molecule is CCOC(=O)c1ccc(OCc2ncnn2C)cc1. The highest BCUT2D eigenvalue weighted by Gasteiger charge is 2.06. The number of hydrogen-bond acceptors (Lipinski definition) is 5. The molecule has 0 radical (unpaired) electrons. The van der Waals surface area contributed by atoms with Gasteiger partial charge in [-0.05, 0) is 31.2 Å². The molecule has 0 N–H and O–H groups in total. The molecule has 0 fully saturated rings. The molecule has 0 aliphatic carbocycles. The van der Waals surface area contributed by atoms with Crippen molar-refractivity contribution in [3.8, 4) is 5.75 Å². The summed E-state index contributed by atoms with van der Waals surface area (Å²) >= 11 is 0. The van der Waals surface area contributed by atoms with Gasteiger partial charge in [-0.2, -0.15) is 5.10 Å². The first-order chi connectivity index (χ1) is 9.20. The van der Waals surface area contributed by atoms with Gasteiger partial charge >= 0.3 is 5.97 Å². The van der Waals surface area contributed by atoms with Crippen molar-refractivity contribution in [2.75, 3.05) is 6.61 Å². The van der Waals surface area contributed by atoms with E-state index in [-0.39, 0.29) is 5.97 Å². The van der Waals surface area contributed by atoms with Gasteiger partial charge in [-0.1, -0.05) is 0 Å². The number of hydrogen-bond donors (Lipinski definition) is 0. The van der Waals surface area contributed by atoms with E-state index in [2.05, 4.69) is 10.1 Å². The van der Waals surface area contributed by atoms with E-state index in [9.17, 15) is 4.79 Å². The molecule has 0 saturated heterocycles. The van der Waals surface area contributed by atoms with E-state index in [4.69, 9.17) is 9.47 Å². The maximum atomic E-state index is 11.5. The smallest absolute Gasteiger partial charge is 0.338 e. The average Bonchev–Trinajstić information content (AvgIpc) is 2.83. The molecule has 100 valence electrons. The maximum absolute atomic E-state index is 11.5. The van der Waals surface area contributed by atoms with Crippen LogP contribution < -0.4 is 4.74 Å². The van der Waals surface area contributed by atoms with Crippen LogP contribution in [0.15, 0.2) is 30.6 Å². The Morgan fingerprint density at radius 1 is 1.32 bits per heavy atom. The van der Waals surface area contributed by atoms with Gasteiger partial charge in [0.2, 0.25) is 0 Å². The zero-order chi connectivity index (χ0) is 13.7. The molecule has 1 aromatic heterocycles. The van der Waals surface area contributed by atoms with Gasteiger partial charge in [-0.15, -0.1) is 0 Å². The second-order valence-corrected chi connectivity index (χ2v) is 3.83. The first-order valence-electron chi connectivity index (χ1n) is 5.93. The normalized spacial score (nSPS) is 10.2. The lowest BCUT2D eigenvalue weighted by atomic mass is 10.2. The Morgan fingerprint density at radius 2 is 2.05 bits per heavy atom. The van der Waals surface area contributed by atoms with E-state index in [1.807, 2.05) is 0 Å². The summed E-state index contributed by atoms with van der Waals surface area (Å²) in [5.74, 6) is 1.06. The second kappa shape index (κ2) is 5.99. The Balaban J connectivity index is 1.95. The van der Waals surface area contributed by atoms with Crippen molar-refractivity contribution in [1.82, 2.24) is 14.8 Å². The predicted molar refractivity (Wildman–Crippen MR) is 67.7 cm³/mol. The summed E-state index contributed by atoms with van der Waals surface area (Å²) in [5.41, 5.74) is 0.507. The van der Waals surface area contributed by atoms with Crippen molar-refractivity contribution < 1.29 is 14.3 Å². The third kappa shape index (κ3) is 3.31. The first-order valence-corrected chi connectivity index (χ1v) is 5.93. The third-order valence-electron chi connectivity index (χ3n) is 2.54. The summed E-state index contributed by atoms with van der Waals surface area (Å²) in [6, 6.07) is 6.79. The molecule has 0 amide bonds. The van der Waals surface area contributed by atoms with Gasteiger partial charge in [0.1, 0.15) is 18.7 Å². The summed E-state index contributed by atoms with van der Waals surface area (Å²) in [7, 11) is 1.80. The Bertz CT molecular complexity index is 549. The van der Waals surface area contributed by atoms with Crippen molar-refractivity contribution in [3.63, 3.8) is 0 Å². The number of carbonyl (C=O) groups is 1. The number of ether oxygens (including phenoxy) is 2. The molecule has 2 aromatic rings. The number of carbonyl (C=O) groups excluding carboxylic acids is 1. The number of aromatic nitrogens is 3. The number of rotatable bonds is 5. The first kappa shape index (κ1) is 13.1. The van der Waals surface area contributed by atoms with Crippen LogP contribution >= 0.6 is 0 Å². The zero-order valence-corrected chi connectivity index (χ0v) is 10.9. The summed E-state index contributed by atoms with van der Waals surface area (Å²) < 4.78 is 12.1. The number of nitrogens with zero attached hydrogens (tertiary/aromatic N) is 3. The highest BCUT2D eigenvalue weighted by atomic mass is 16.5. The van der Waals surface area contributed by atoms with Crippen molar-refractivity contribution >= 4 is 5.97 Å². The fraction of sp³-hybridized carbons (Fsp3) is 0.308. The average molecular weight is 261 g/mol. The van der Waals surface area contributed by atoms with Crippen LogP contribution in [0.25, 0.3) is 0 Å². The summed E-state index contributed by atoms with van der Waals surface area (Å²) in [4.78, 5) is 15.5. The monoisotopic (exact) mass is 261 g/mol. The van der Waals surface area contributed by atoms with Gasteiger partial charge in [0, 0.05) is 7.05 Å². The molecular formula is C13H15N3O3. The number of esters is 1. The van der Waals surface area contributed by atoms with Crippen LogP contribution in [0, 0.1) is 0 Å². The van der Waals surface area contributed by atoms with Crippen molar-refractivity contribution in [3.05, 3.63) is 42.0 Å². The van der Waals surface area contributed by atoms with Gasteiger partial charge < -0.3 is 9.47 Å². The Hall–Kier alpha value is -2.37. The van der Waals surface area contributed by atoms with Crippen molar-refractivity contribution in [2.45, 2.75) is 13.5 Å². The number of aryl methyl sites for hydroxylation is 1. The maximum Gasteiger partial charge on any atom is 0.338 e. The van der Waals surface area contributed by atoms with Crippen LogP contribution in [0.2, 0.25) is 0 Å². The Morgan fingerprint density at radius 3 is 2.63 bits per heavy atom. The van der Waals surface area contributed by atoms with E-state index in [1.54, 1.807) is 42.9 Å². The molecule has 19 heavy (non-hydrogen) atoms. The largest absolute Gasteiger partial charge is 0.486 e. The van der Waals surface area contributed by atoms with Gasteiger partial charge in [0.25, 0.3) is 0 Å². The molecule has 6 heteroatoms. The molecule has 0 unspecified atom stereocenters. The fourth-order valence-corrected chi connectivity index (χ4v) is 1.50. The Labute approximate surface area is 111 Å². The van der Waals surface area contributed by atoms with E-state index in [1.165, 1.54) is 6.33 Å². The van der Waals surface area contributed by atoms with Crippen LogP contribution in [-0.4, -0.2) is 27.3 Å². The highest BCUT2D eigenvalue weighted by molar-refractivity contribution is 5.89. The van der Waals surface area contributed by atoms with Crippen LogP contribution in [0.4, 0.5) is 0 Å². The Kier molecular flexibility index (Phi) is 4.12. The standard InChI is InChI=1S/C13H15N3O3/c1-3-18-13(17)10-4-6-11(7-5-10)19-8-12-14-9-15-16(12)2/h4-7,9H,3,8H2,1-2H3. The fourth-order valence-electron chi connectivity index (χ4n) is 1.50. The summed E-state index contributed by atoms with van der Waals surface area (Å²) in [6.07, 6.45) is 1.47. The predicted octanol–water partition coefficient (Wildman–Crippen LogP) is 1.57. The third-order valence-corrected chi connectivity index (χ3v) is 2.54. The molecule has 2 rings (SSSR count). The minimum absolute atomic E-state index is 0.329. The van der Waals surface area contributed by atoms with Gasteiger partial charge in [-0.25, -0.2) is 9.78 Å². The summed E-state index contributed by atoms with van der Waals surface area (Å²) in [5, 5.41) is 3.95. The highest BCUT2D eigenvalue weighted by Crippen LogP contribution is 2.14. The molecule has 0 aliphatic heterocycles. The lowest BCUT2D eigenvalue weighted by Gasteiger charge is -2.06.